The zero-order chi connectivity index (χ0) is 24.0. The molecule has 9 nitrogen and oxygen atoms in total. The third-order valence-electron chi connectivity index (χ3n) is 4.24. The van der Waals surface area contributed by atoms with Crippen LogP contribution in [0.1, 0.15) is 26.3 Å². The number of nitro benzene ring substituents is 1. The summed E-state index contributed by atoms with van der Waals surface area (Å²) >= 11 is 11.8. The predicted molar refractivity (Wildman–Crippen MR) is 123 cm³/mol. The maximum absolute atomic E-state index is 12.4. The van der Waals surface area contributed by atoms with Crippen molar-refractivity contribution in [3.63, 3.8) is 0 Å². The monoisotopic (exact) mass is 487 g/mol. The number of halogens is 2. The summed E-state index contributed by atoms with van der Waals surface area (Å²) in [6.45, 7) is 0. The van der Waals surface area contributed by atoms with Gasteiger partial charge in [0.2, 0.25) is 0 Å². The van der Waals surface area contributed by atoms with Gasteiger partial charge in [-0.15, -0.1) is 0 Å². The molecule has 1 amide bonds. The number of hydrogen-bond acceptors (Lipinski definition) is 7. The molecule has 168 valence electrons. The highest BCUT2D eigenvalue weighted by Crippen LogP contribution is 2.29. The molecule has 0 radical (unpaired) electrons. The standard InChI is InChI=1S/C22H15Cl2N3O6/c1-32-20-9-13(12-25-26-21(28)14-3-2-4-16(10-14)27(30)31)5-8-19(20)33-22(29)15-6-7-17(23)18(24)11-15/h2-12H,1H3,(H,26,28)/b25-12+. The average Bonchev–Trinajstić information content (AvgIpc) is 2.81. The quantitative estimate of drug-likeness (QED) is 0.166. The second-order valence-corrected chi connectivity index (χ2v) is 7.25. The van der Waals surface area contributed by atoms with E-state index >= 15 is 0 Å². The van der Waals surface area contributed by atoms with E-state index in [2.05, 4.69) is 10.5 Å². The van der Waals surface area contributed by atoms with E-state index in [1.807, 2.05) is 0 Å². The molecule has 0 saturated heterocycles. The lowest BCUT2D eigenvalue weighted by molar-refractivity contribution is -0.384. The number of hydrogen-bond donors (Lipinski definition) is 1. The molecule has 0 aliphatic carbocycles. The Labute approximate surface area is 197 Å². The molecule has 3 aromatic rings. The first-order valence-electron chi connectivity index (χ1n) is 9.21. The number of carbonyl (C=O) groups is 2. The maximum Gasteiger partial charge on any atom is 0.343 e. The molecule has 0 saturated carbocycles. The number of amides is 1. The van der Waals surface area contributed by atoms with Crippen LogP contribution in [0.25, 0.3) is 0 Å². The van der Waals surface area contributed by atoms with E-state index in [1.54, 1.807) is 12.1 Å². The molecular formula is C22H15Cl2N3O6. The summed E-state index contributed by atoms with van der Waals surface area (Å²) in [4.78, 5) is 34.8. The zero-order valence-corrected chi connectivity index (χ0v) is 18.5. The van der Waals surface area contributed by atoms with Crippen molar-refractivity contribution >= 4 is 47.0 Å². The van der Waals surface area contributed by atoms with Gasteiger partial charge in [-0.3, -0.25) is 14.9 Å². The smallest absolute Gasteiger partial charge is 0.343 e. The molecule has 0 spiro atoms. The number of non-ortho nitro benzene ring substituents is 1. The molecule has 3 rings (SSSR count). The molecular weight excluding hydrogens is 473 g/mol. The van der Waals surface area contributed by atoms with Crippen molar-refractivity contribution < 1.29 is 24.0 Å². The Morgan fingerprint density at radius 1 is 1.00 bits per heavy atom. The third-order valence-corrected chi connectivity index (χ3v) is 4.98. The van der Waals surface area contributed by atoms with Gasteiger partial charge in [-0.1, -0.05) is 29.3 Å². The molecule has 0 fully saturated rings. The highest BCUT2D eigenvalue weighted by molar-refractivity contribution is 6.42. The van der Waals surface area contributed by atoms with Crippen molar-refractivity contribution in [1.82, 2.24) is 5.43 Å². The van der Waals surface area contributed by atoms with Gasteiger partial charge in [-0.2, -0.15) is 5.10 Å². The zero-order valence-electron chi connectivity index (χ0n) is 17.0. The van der Waals surface area contributed by atoms with Crippen molar-refractivity contribution in [3.05, 3.63) is 97.5 Å². The molecule has 1 N–H and O–H groups in total. The summed E-state index contributed by atoms with van der Waals surface area (Å²) in [6, 6.07) is 14.2. The Balaban J connectivity index is 1.69. The van der Waals surface area contributed by atoms with Crippen molar-refractivity contribution in [2.75, 3.05) is 7.11 Å². The van der Waals surface area contributed by atoms with E-state index in [1.165, 1.54) is 55.8 Å². The molecule has 3 aromatic carbocycles. The van der Waals surface area contributed by atoms with Crippen molar-refractivity contribution in [1.29, 1.82) is 0 Å². The van der Waals surface area contributed by atoms with Crippen LogP contribution in [0.4, 0.5) is 5.69 Å². The number of ether oxygens (including phenoxy) is 2. The Hall–Kier alpha value is -3.95. The number of nitrogens with one attached hydrogen (secondary N) is 1. The molecule has 33 heavy (non-hydrogen) atoms. The number of esters is 1. The number of nitro groups is 1. The summed E-state index contributed by atoms with van der Waals surface area (Å²) < 4.78 is 10.6. The van der Waals surface area contributed by atoms with Gasteiger partial charge in [-0.05, 0) is 48.0 Å². The molecule has 0 aliphatic heterocycles. The summed E-state index contributed by atoms with van der Waals surface area (Å²) in [5, 5.41) is 15.2. The first kappa shape index (κ1) is 23.7. The largest absolute Gasteiger partial charge is 0.493 e. The minimum atomic E-state index is -0.655. The van der Waals surface area contributed by atoms with Gasteiger partial charge < -0.3 is 9.47 Å². The van der Waals surface area contributed by atoms with Crippen molar-refractivity contribution in [3.8, 4) is 11.5 Å². The lowest BCUT2D eigenvalue weighted by Gasteiger charge is -2.10. The summed E-state index contributed by atoms with van der Waals surface area (Å²) in [7, 11) is 1.40. The molecule has 0 aromatic heterocycles. The SMILES string of the molecule is COc1cc(/C=N/NC(=O)c2cccc([N+](=O)[O-])c2)ccc1OC(=O)c1ccc(Cl)c(Cl)c1. The summed E-state index contributed by atoms with van der Waals surface area (Å²) in [5.74, 6) is -0.865. The molecule has 0 atom stereocenters. The number of hydrazone groups is 1. The van der Waals surface area contributed by atoms with Crippen LogP contribution in [0.5, 0.6) is 11.5 Å². The van der Waals surface area contributed by atoms with Crippen LogP contribution in [-0.4, -0.2) is 30.1 Å². The Bertz CT molecular complexity index is 1260. The Kier molecular flexibility index (Phi) is 7.60. The number of carbonyl (C=O) groups excluding carboxylic acids is 2. The van der Waals surface area contributed by atoms with Gasteiger partial charge in [0.1, 0.15) is 0 Å². The Morgan fingerprint density at radius 2 is 1.79 bits per heavy atom. The maximum atomic E-state index is 12.4. The van der Waals surface area contributed by atoms with Gasteiger partial charge in [0, 0.05) is 17.7 Å². The first-order valence-corrected chi connectivity index (χ1v) is 9.97. The van der Waals surface area contributed by atoms with Crippen LogP contribution in [0.3, 0.4) is 0 Å². The fourth-order valence-corrected chi connectivity index (χ4v) is 2.92. The molecule has 0 bridgehead atoms. The molecule has 11 heteroatoms. The minimum Gasteiger partial charge on any atom is -0.493 e. The first-order chi connectivity index (χ1) is 15.8. The third kappa shape index (κ3) is 6.06. The van der Waals surface area contributed by atoms with E-state index in [4.69, 9.17) is 32.7 Å². The molecule has 0 aliphatic rings. The van der Waals surface area contributed by atoms with Crippen LogP contribution >= 0.6 is 23.2 Å². The summed E-state index contributed by atoms with van der Waals surface area (Å²) in [5.41, 5.74) is 2.91. The van der Waals surface area contributed by atoms with Crippen LogP contribution < -0.4 is 14.9 Å². The van der Waals surface area contributed by atoms with Crippen LogP contribution in [0, 0.1) is 10.1 Å². The normalized spacial score (nSPS) is 10.6. The Morgan fingerprint density at radius 3 is 2.48 bits per heavy atom. The predicted octanol–water partition coefficient (Wildman–Crippen LogP) is 4.89. The van der Waals surface area contributed by atoms with E-state index in [0.29, 0.717) is 10.6 Å². The topological polar surface area (TPSA) is 120 Å². The average molecular weight is 488 g/mol. The van der Waals surface area contributed by atoms with E-state index < -0.39 is 16.8 Å². The second kappa shape index (κ2) is 10.6. The summed E-state index contributed by atoms with van der Waals surface area (Å²) in [6.07, 6.45) is 1.34. The number of nitrogens with zero attached hydrogens (tertiary/aromatic N) is 2. The lowest BCUT2D eigenvalue weighted by Crippen LogP contribution is -2.17. The van der Waals surface area contributed by atoms with Crippen molar-refractivity contribution in [2.24, 2.45) is 5.10 Å². The number of benzene rings is 3. The fourth-order valence-electron chi connectivity index (χ4n) is 2.62. The van der Waals surface area contributed by atoms with Gasteiger partial charge in [0.05, 0.1) is 33.9 Å². The number of rotatable bonds is 7. The van der Waals surface area contributed by atoms with Gasteiger partial charge in [0.15, 0.2) is 11.5 Å². The van der Waals surface area contributed by atoms with Gasteiger partial charge >= 0.3 is 5.97 Å². The second-order valence-electron chi connectivity index (χ2n) is 6.44. The van der Waals surface area contributed by atoms with E-state index in [9.17, 15) is 19.7 Å². The molecule has 0 heterocycles. The fraction of sp³-hybridized carbons (Fsp3) is 0.0455. The molecule has 0 unspecified atom stereocenters. The highest BCUT2D eigenvalue weighted by atomic mass is 35.5. The van der Waals surface area contributed by atoms with Crippen LogP contribution in [-0.2, 0) is 0 Å². The van der Waals surface area contributed by atoms with E-state index in [0.717, 1.165) is 6.07 Å². The van der Waals surface area contributed by atoms with Crippen LogP contribution in [0.15, 0.2) is 65.8 Å². The number of methoxy groups -OCH3 is 1. The van der Waals surface area contributed by atoms with Crippen molar-refractivity contribution in [2.45, 2.75) is 0 Å². The van der Waals surface area contributed by atoms with Crippen LogP contribution in [0.2, 0.25) is 10.0 Å². The minimum absolute atomic E-state index is 0.0866. The van der Waals surface area contributed by atoms with E-state index in [-0.39, 0.29) is 33.3 Å². The van der Waals surface area contributed by atoms with Gasteiger partial charge in [-0.25, -0.2) is 10.2 Å². The highest BCUT2D eigenvalue weighted by Gasteiger charge is 2.14. The lowest BCUT2D eigenvalue weighted by atomic mass is 10.2. The van der Waals surface area contributed by atoms with Gasteiger partial charge in [0.25, 0.3) is 11.6 Å².